The van der Waals surface area contributed by atoms with E-state index in [1.165, 1.54) is 16.7 Å². The van der Waals surface area contributed by atoms with E-state index in [1.54, 1.807) is 0 Å². The third-order valence-electron chi connectivity index (χ3n) is 3.79. The van der Waals surface area contributed by atoms with Crippen LogP contribution in [-0.2, 0) is 7.05 Å². The van der Waals surface area contributed by atoms with Crippen LogP contribution in [0.1, 0.15) is 18.1 Å². The van der Waals surface area contributed by atoms with Gasteiger partial charge >= 0.3 is 0 Å². The minimum atomic E-state index is 0.879. The Bertz CT molecular complexity index is 798. The van der Waals surface area contributed by atoms with Gasteiger partial charge in [0.05, 0.1) is 11.0 Å². The molecule has 0 aliphatic rings. The topological polar surface area (TPSA) is 29.9 Å². The highest BCUT2D eigenvalue weighted by molar-refractivity contribution is 5.87. The van der Waals surface area contributed by atoms with Gasteiger partial charge in [0.15, 0.2) is 0 Å². The average Bonchev–Trinajstić information content (AvgIpc) is 2.85. The average molecular weight is 277 g/mol. The Balaban J connectivity index is 2.14. The van der Waals surface area contributed by atoms with Crippen molar-refractivity contribution in [3.8, 4) is 0 Å². The minimum Gasteiger partial charge on any atom is -0.359 e. The molecule has 0 amide bonds. The Morgan fingerprint density at radius 2 is 1.86 bits per heavy atom. The second-order valence-electron chi connectivity index (χ2n) is 5.02. The highest BCUT2D eigenvalue weighted by atomic mass is 15.2. The molecule has 0 spiro atoms. The molecule has 0 saturated heterocycles. The molecule has 1 heterocycles. The maximum Gasteiger partial charge on any atom is 0.203 e. The lowest BCUT2D eigenvalue weighted by Crippen LogP contribution is -1.97. The molecule has 0 aliphatic carbocycles. The van der Waals surface area contributed by atoms with Crippen molar-refractivity contribution in [3.63, 3.8) is 0 Å². The van der Waals surface area contributed by atoms with Crippen molar-refractivity contribution in [1.82, 2.24) is 9.55 Å². The molecule has 3 nitrogen and oxygen atoms in total. The number of nitrogens with one attached hydrogen (secondary N) is 1. The second kappa shape index (κ2) is 5.44. The van der Waals surface area contributed by atoms with Gasteiger partial charge in [-0.1, -0.05) is 42.5 Å². The molecule has 3 aromatic rings. The first-order chi connectivity index (χ1) is 10.2. The first-order valence-corrected chi connectivity index (χ1v) is 7.11. The highest BCUT2D eigenvalue weighted by Gasteiger charge is 2.09. The number of aromatic nitrogens is 2. The van der Waals surface area contributed by atoms with Crippen molar-refractivity contribution in [1.29, 1.82) is 0 Å². The van der Waals surface area contributed by atoms with E-state index in [1.807, 2.05) is 20.2 Å². The van der Waals surface area contributed by atoms with Crippen LogP contribution in [0.2, 0.25) is 0 Å². The van der Waals surface area contributed by atoms with Crippen molar-refractivity contribution in [2.24, 2.45) is 7.05 Å². The summed E-state index contributed by atoms with van der Waals surface area (Å²) in [7, 11) is 3.92. The molecule has 106 valence electrons. The summed E-state index contributed by atoms with van der Waals surface area (Å²) in [6.45, 7) is 2.08. The lowest BCUT2D eigenvalue weighted by Gasteiger charge is -2.08. The number of hydrogen-bond donors (Lipinski definition) is 1. The number of aryl methyl sites for hydroxylation is 1. The molecular formula is C18H19N3. The predicted octanol–water partition coefficient (Wildman–Crippen LogP) is 4.07. The van der Waals surface area contributed by atoms with Crippen molar-refractivity contribution in [2.75, 3.05) is 12.4 Å². The molecule has 2 aromatic carbocycles. The van der Waals surface area contributed by atoms with Crippen LogP contribution in [0.3, 0.4) is 0 Å². The number of rotatable bonds is 3. The third kappa shape index (κ3) is 2.31. The number of benzene rings is 2. The molecule has 0 atom stereocenters. The Hall–Kier alpha value is -2.55. The molecule has 0 unspecified atom stereocenters. The van der Waals surface area contributed by atoms with Crippen molar-refractivity contribution in [2.45, 2.75) is 6.92 Å². The minimum absolute atomic E-state index is 0.879. The summed E-state index contributed by atoms with van der Waals surface area (Å²) < 4.78 is 2.08. The van der Waals surface area contributed by atoms with E-state index in [2.05, 4.69) is 70.3 Å². The van der Waals surface area contributed by atoms with Gasteiger partial charge in [-0.3, -0.25) is 0 Å². The van der Waals surface area contributed by atoms with Crippen LogP contribution in [0.5, 0.6) is 0 Å². The zero-order valence-corrected chi connectivity index (χ0v) is 12.6. The predicted molar refractivity (Wildman–Crippen MR) is 89.5 cm³/mol. The van der Waals surface area contributed by atoms with E-state index in [0.29, 0.717) is 0 Å². The second-order valence-corrected chi connectivity index (χ2v) is 5.02. The van der Waals surface area contributed by atoms with E-state index < -0.39 is 0 Å². The van der Waals surface area contributed by atoms with Crippen LogP contribution in [0.4, 0.5) is 5.95 Å². The maximum absolute atomic E-state index is 4.56. The summed E-state index contributed by atoms with van der Waals surface area (Å²) in [5.74, 6) is 0.879. The number of imidazole rings is 1. The van der Waals surface area contributed by atoms with Crippen molar-refractivity contribution < 1.29 is 0 Å². The number of fused-ring (bicyclic) bond motifs is 1. The summed E-state index contributed by atoms with van der Waals surface area (Å²) in [4.78, 5) is 4.56. The molecule has 1 aromatic heterocycles. The Labute approximate surface area is 124 Å². The fourth-order valence-corrected chi connectivity index (χ4v) is 2.70. The summed E-state index contributed by atoms with van der Waals surface area (Å²) in [6.07, 6.45) is 2.16. The molecule has 0 fully saturated rings. The zero-order valence-electron chi connectivity index (χ0n) is 12.6. The summed E-state index contributed by atoms with van der Waals surface area (Å²) in [5.41, 5.74) is 5.82. The molecule has 21 heavy (non-hydrogen) atoms. The number of hydrogen-bond acceptors (Lipinski definition) is 2. The molecule has 0 bridgehead atoms. The standard InChI is InChI=1S/C18H19N3/c1-4-15(13-8-6-5-7-9-13)14-10-11-16-17(12-14)21(3)18(19-2)20-16/h4-12H,1-3H3,(H,19,20)/b15-4+. The van der Waals surface area contributed by atoms with Gasteiger partial charge in [0.25, 0.3) is 0 Å². The van der Waals surface area contributed by atoms with Crippen LogP contribution in [-0.4, -0.2) is 16.6 Å². The van der Waals surface area contributed by atoms with Gasteiger partial charge in [0.2, 0.25) is 5.95 Å². The normalized spacial score (nSPS) is 11.9. The van der Waals surface area contributed by atoms with Gasteiger partial charge in [-0.2, -0.15) is 0 Å². The van der Waals surface area contributed by atoms with E-state index in [4.69, 9.17) is 0 Å². The van der Waals surface area contributed by atoms with Crippen molar-refractivity contribution >= 4 is 22.6 Å². The van der Waals surface area contributed by atoms with E-state index in [9.17, 15) is 0 Å². The third-order valence-corrected chi connectivity index (χ3v) is 3.79. The molecule has 0 saturated carbocycles. The molecule has 0 aliphatic heterocycles. The monoisotopic (exact) mass is 277 g/mol. The number of allylic oxidation sites excluding steroid dienone is 1. The highest BCUT2D eigenvalue weighted by Crippen LogP contribution is 2.27. The van der Waals surface area contributed by atoms with Gasteiger partial charge in [-0.25, -0.2) is 4.98 Å². The fraction of sp³-hybridized carbons (Fsp3) is 0.167. The molecule has 3 rings (SSSR count). The molecule has 1 N–H and O–H groups in total. The van der Waals surface area contributed by atoms with E-state index in [-0.39, 0.29) is 0 Å². The van der Waals surface area contributed by atoms with Gasteiger partial charge in [-0.05, 0) is 35.8 Å². The molecule has 3 heteroatoms. The zero-order chi connectivity index (χ0) is 14.8. The van der Waals surface area contributed by atoms with E-state index in [0.717, 1.165) is 17.0 Å². The van der Waals surface area contributed by atoms with E-state index >= 15 is 0 Å². The summed E-state index contributed by atoms with van der Waals surface area (Å²) in [6, 6.07) is 16.9. The Kier molecular flexibility index (Phi) is 3.48. The quantitative estimate of drug-likeness (QED) is 0.782. The maximum atomic E-state index is 4.56. The number of anilines is 1. The fourth-order valence-electron chi connectivity index (χ4n) is 2.70. The van der Waals surface area contributed by atoms with Crippen LogP contribution in [0.25, 0.3) is 16.6 Å². The first-order valence-electron chi connectivity index (χ1n) is 7.11. The summed E-state index contributed by atoms with van der Waals surface area (Å²) >= 11 is 0. The van der Waals surface area contributed by atoms with Crippen molar-refractivity contribution in [3.05, 3.63) is 65.7 Å². The Morgan fingerprint density at radius 3 is 2.52 bits per heavy atom. The smallest absolute Gasteiger partial charge is 0.203 e. The van der Waals surface area contributed by atoms with Crippen LogP contribution < -0.4 is 5.32 Å². The van der Waals surface area contributed by atoms with Crippen LogP contribution in [0, 0.1) is 0 Å². The van der Waals surface area contributed by atoms with Gasteiger partial charge in [-0.15, -0.1) is 0 Å². The number of nitrogens with zero attached hydrogens (tertiary/aromatic N) is 2. The lowest BCUT2D eigenvalue weighted by molar-refractivity contribution is 0.952. The summed E-state index contributed by atoms with van der Waals surface area (Å²) in [5, 5.41) is 3.12. The largest absolute Gasteiger partial charge is 0.359 e. The molecule has 0 radical (unpaired) electrons. The van der Waals surface area contributed by atoms with Gasteiger partial charge < -0.3 is 9.88 Å². The van der Waals surface area contributed by atoms with Gasteiger partial charge in [0.1, 0.15) is 0 Å². The lowest BCUT2D eigenvalue weighted by atomic mass is 9.97. The van der Waals surface area contributed by atoms with Crippen LogP contribution >= 0.6 is 0 Å². The van der Waals surface area contributed by atoms with Crippen LogP contribution in [0.15, 0.2) is 54.6 Å². The Morgan fingerprint density at radius 1 is 1.10 bits per heavy atom. The molecular weight excluding hydrogens is 258 g/mol. The first kappa shape index (κ1) is 13.4. The SMILES string of the molecule is C/C=C(\c1ccccc1)c1ccc2nc(NC)n(C)c2c1. The van der Waals surface area contributed by atoms with Gasteiger partial charge in [0, 0.05) is 14.1 Å².